The highest BCUT2D eigenvalue weighted by atomic mass is 16.5. The van der Waals surface area contributed by atoms with Gasteiger partial charge >= 0.3 is 5.97 Å². The summed E-state index contributed by atoms with van der Waals surface area (Å²) in [7, 11) is 1.40. The van der Waals surface area contributed by atoms with Gasteiger partial charge in [-0.15, -0.1) is 13.2 Å². The predicted octanol–water partition coefficient (Wildman–Crippen LogP) is 1.93. The van der Waals surface area contributed by atoms with Crippen LogP contribution in [0.15, 0.2) is 25.3 Å². The third-order valence-corrected chi connectivity index (χ3v) is 2.89. The van der Waals surface area contributed by atoms with Crippen LogP contribution >= 0.6 is 0 Å². The van der Waals surface area contributed by atoms with E-state index in [1.165, 1.54) is 7.11 Å². The van der Waals surface area contributed by atoms with Crippen LogP contribution in [0, 0.1) is 10.8 Å². The van der Waals surface area contributed by atoms with Gasteiger partial charge in [0.15, 0.2) is 0 Å². The van der Waals surface area contributed by atoms with E-state index < -0.39 is 5.41 Å². The Hall–Kier alpha value is -1.05. The Morgan fingerprint density at radius 3 is 2.33 bits per heavy atom. The second-order valence-corrected chi connectivity index (χ2v) is 3.47. The van der Waals surface area contributed by atoms with Gasteiger partial charge in [0.2, 0.25) is 0 Å². The molecule has 0 aliphatic heterocycles. The van der Waals surface area contributed by atoms with Crippen molar-refractivity contribution in [2.75, 3.05) is 7.11 Å². The lowest BCUT2D eigenvalue weighted by Gasteiger charge is -2.12. The lowest BCUT2D eigenvalue weighted by Crippen LogP contribution is -2.20. The smallest absolute Gasteiger partial charge is 0.316 e. The van der Waals surface area contributed by atoms with Crippen molar-refractivity contribution in [1.82, 2.24) is 0 Å². The van der Waals surface area contributed by atoms with Gasteiger partial charge in [-0.1, -0.05) is 19.1 Å². The van der Waals surface area contributed by atoms with Crippen molar-refractivity contribution in [3.8, 4) is 0 Å². The molecule has 1 aliphatic rings. The molecule has 2 nitrogen and oxygen atoms in total. The molecule has 0 amide bonds. The zero-order valence-electron chi connectivity index (χ0n) is 7.59. The van der Waals surface area contributed by atoms with E-state index in [0.29, 0.717) is 0 Å². The van der Waals surface area contributed by atoms with Crippen LogP contribution in [0.1, 0.15) is 13.3 Å². The largest absolute Gasteiger partial charge is 0.468 e. The molecular formula is C10H14O2. The fourth-order valence-corrected chi connectivity index (χ4v) is 1.67. The number of hydrogen-bond donors (Lipinski definition) is 0. The van der Waals surface area contributed by atoms with Crippen LogP contribution in [0.25, 0.3) is 0 Å². The quantitative estimate of drug-likeness (QED) is 0.473. The van der Waals surface area contributed by atoms with Gasteiger partial charge in [-0.05, 0) is 6.42 Å². The van der Waals surface area contributed by atoms with Crippen LogP contribution in [0.3, 0.4) is 0 Å². The predicted molar refractivity (Wildman–Crippen MR) is 47.6 cm³/mol. The molecule has 1 fully saturated rings. The minimum absolute atomic E-state index is 0.151. The number of allylic oxidation sites excluding steroid dienone is 1. The van der Waals surface area contributed by atoms with Gasteiger partial charge in [0.05, 0.1) is 12.5 Å². The summed E-state index contributed by atoms with van der Waals surface area (Å²) in [6.07, 6.45) is 4.23. The Labute approximate surface area is 72.9 Å². The number of rotatable bonds is 3. The van der Waals surface area contributed by atoms with Gasteiger partial charge < -0.3 is 4.74 Å². The summed E-state index contributed by atoms with van der Waals surface area (Å²) in [5.74, 6) is -0.208. The first-order chi connectivity index (χ1) is 5.56. The summed E-state index contributed by atoms with van der Waals surface area (Å²) in [6, 6.07) is 0. The van der Waals surface area contributed by atoms with Gasteiger partial charge in [0.1, 0.15) is 0 Å². The summed E-state index contributed by atoms with van der Waals surface area (Å²) in [4.78, 5) is 11.4. The van der Waals surface area contributed by atoms with Crippen LogP contribution in [-0.4, -0.2) is 13.1 Å². The molecule has 0 aromatic heterocycles. The monoisotopic (exact) mass is 166 g/mol. The number of esters is 1. The fourth-order valence-electron chi connectivity index (χ4n) is 1.67. The standard InChI is InChI=1S/C10H14O2/c1-5-9(3)7-10(9,6-2)8(11)12-4/h5-6H,1-2,7H2,3-4H3/t9-,10+/m1/s1. The van der Waals surface area contributed by atoms with E-state index in [4.69, 9.17) is 4.74 Å². The number of hydrogen-bond acceptors (Lipinski definition) is 2. The molecule has 0 aromatic carbocycles. The van der Waals surface area contributed by atoms with Crippen LogP contribution < -0.4 is 0 Å². The molecule has 0 N–H and O–H groups in total. The van der Waals surface area contributed by atoms with Crippen molar-refractivity contribution in [1.29, 1.82) is 0 Å². The number of methoxy groups -OCH3 is 1. The zero-order chi connectivity index (χ0) is 9.41. The van der Waals surface area contributed by atoms with Crippen molar-refractivity contribution >= 4 is 5.97 Å². The first kappa shape index (κ1) is 9.04. The molecule has 1 rings (SSSR count). The first-order valence-corrected chi connectivity index (χ1v) is 3.92. The van der Waals surface area contributed by atoms with Crippen LogP contribution in [0.5, 0.6) is 0 Å². The molecule has 1 aliphatic carbocycles. The molecule has 66 valence electrons. The molecule has 2 atom stereocenters. The summed E-state index contributed by atoms with van der Waals surface area (Å²) in [5, 5.41) is 0. The Bertz CT molecular complexity index is 244. The summed E-state index contributed by atoms with van der Waals surface area (Å²) in [5.41, 5.74) is -0.661. The fraction of sp³-hybridized carbons (Fsp3) is 0.500. The third kappa shape index (κ3) is 0.840. The number of ether oxygens (including phenoxy) is 1. The second-order valence-electron chi connectivity index (χ2n) is 3.47. The van der Waals surface area contributed by atoms with E-state index in [0.717, 1.165) is 6.42 Å². The van der Waals surface area contributed by atoms with Gasteiger partial charge in [0.25, 0.3) is 0 Å². The van der Waals surface area contributed by atoms with Gasteiger partial charge in [-0.2, -0.15) is 0 Å². The molecule has 0 bridgehead atoms. The van der Waals surface area contributed by atoms with Crippen molar-refractivity contribution in [3.63, 3.8) is 0 Å². The molecule has 0 aromatic rings. The SMILES string of the molecule is C=C[C@@]1(C(=O)OC)C[C@@]1(C)C=C. The molecule has 2 heteroatoms. The highest BCUT2D eigenvalue weighted by Crippen LogP contribution is 2.65. The zero-order valence-corrected chi connectivity index (χ0v) is 7.59. The highest BCUT2D eigenvalue weighted by molar-refractivity contribution is 5.84. The van der Waals surface area contributed by atoms with Gasteiger partial charge in [0, 0.05) is 5.41 Å². The Balaban J connectivity index is 2.91. The number of carbonyl (C=O) groups excluding carboxylic acids is 1. The van der Waals surface area contributed by atoms with Crippen molar-refractivity contribution in [2.45, 2.75) is 13.3 Å². The third-order valence-electron chi connectivity index (χ3n) is 2.89. The van der Waals surface area contributed by atoms with E-state index in [-0.39, 0.29) is 11.4 Å². The van der Waals surface area contributed by atoms with Crippen LogP contribution in [0.4, 0.5) is 0 Å². The average molecular weight is 166 g/mol. The maximum atomic E-state index is 11.4. The van der Waals surface area contributed by atoms with Gasteiger partial charge in [-0.25, -0.2) is 0 Å². The minimum Gasteiger partial charge on any atom is -0.468 e. The van der Waals surface area contributed by atoms with E-state index in [1.807, 2.05) is 6.92 Å². The highest BCUT2D eigenvalue weighted by Gasteiger charge is 2.66. The van der Waals surface area contributed by atoms with Crippen molar-refractivity contribution in [2.24, 2.45) is 10.8 Å². The molecular weight excluding hydrogens is 152 g/mol. The van der Waals surface area contributed by atoms with Gasteiger partial charge in [-0.3, -0.25) is 4.79 Å². The van der Waals surface area contributed by atoms with E-state index in [1.54, 1.807) is 12.2 Å². The lowest BCUT2D eigenvalue weighted by molar-refractivity contribution is -0.146. The maximum Gasteiger partial charge on any atom is 0.316 e. The first-order valence-electron chi connectivity index (χ1n) is 3.92. The molecule has 0 radical (unpaired) electrons. The van der Waals surface area contributed by atoms with Crippen LogP contribution in [0.2, 0.25) is 0 Å². The Morgan fingerprint density at radius 2 is 2.08 bits per heavy atom. The summed E-state index contributed by atoms with van der Waals surface area (Å²) in [6.45, 7) is 9.34. The Kier molecular flexibility index (Phi) is 1.86. The van der Waals surface area contributed by atoms with Crippen molar-refractivity contribution < 1.29 is 9.53 Å². The lowest BCUT2D eigenvalue weighted by atomic mass is 9.94. The molecule has 0 heterocycles. The van der Waals surface area contributed by atoms with E-state index >= 15 is 0 Å². The molecule has 0 saturated heterocycles. The molecule has 12 heavy (non-hydrogen) atoms. The number of carbonyl (C=O) groups is 1. The minimum atomic E-state index is -0.510. The topological polar surface area (TPSA) is 26.3 Å². The summed E-state index contributed by atoms with van der Waals surface area (Å²) < 4.78 is 4.71. The molecule has 0 unspecified atom stereocenters. The molecule has 0 spiro atoms. The second kappa shape index (κ2) is 2.47. The Morgan fingerprint density at radius 1 is 1.50 bits per heavy atom. The molecule has 1 saturated carbocycles. The van der Waals surface area contributed by atoms with Crippen LogP contribution in [-0.2, 0) is 9.53 Å². The van der Waals surface area contributed by atoms with Crippen molar-refractivity contribution in [3.05, 3.63) is 25.3 Å². The van der Waals surface area contributed by atoms with E-state index in [9.17, 15) is 4.79 Å². The normalized spacial score (nSPS) is 38.5. The van der Waals surface area contributed by atoms with E-state index in [2.05, 4.69) is 13.2 Å². The maximum absolute atomic E-state index is 11.4. The average Bonchev–Trinajstić information content (AvgIpc) is 2.73. The summed E-state index contributed by atoms with van der Waals surface area (Å²) >= 11 is 0.